The van der Waals surface area contributed by atoms with Gasteiger partial charge in [0.05, 0.1) is 21.8 Å². The Morgan fingerprint density at radius 1 is 0.966 bits per heavy atom. The van der Waals surface area contributed by atoms with Crippen molar-refractivity contribution >= 4 is 27.5 Å². The number of esters is 1. The molecule has 0 radical (unpaired) electrons. The van der Waals surface area contributed by atoms with E-state index in [4.69, 9.17) is 4.74 Å². The first-order valence-corrected chi connectivity index (χ1v) is 10.4. The van der Waals surface area contributed by atoms with Gasteiger partial charge in [-0.3, -0.25) is 9.10 Å². The van der Waals surface area contributed by atoms with Crippen molar-refractivity contribution < 1.29 is 22.7 Å². The molecule has 0 saturated carbocycles. The molecule has 29 heavy (non-hydrogen) atoms. The Balaban J connectivity index is 1.71. The smallest absolute Gasteiger partial charge is 0.338 e. The van der Waals surface area contributed by atoms with Crippen LogP contribution in [0.4, 0.5) is 5.69 Å². The van der Waals surface area contributed by atoms with Crippen LogP contribution in [0.2, 0.25) is 0 Å². The second kappa shape index (κ2) is 8.74. The fraction of sp³-hybridized carbons (Fsp3) is 0.143. The van der Waals surface area contributed by atoms with Gasteiger partial charge in [-0.15, -0.1) is 0 Å². The molecule has 3 aromatic rings. The third-order valence-corrected chi connectivity index (χ3v) is 6.16. The lowest BCUT2D eigenvalue weighted by atomic mass is 10.2. The number of ketones is 1. The lowest BCUT2D eigenvalue weighted by molar-refractivity contribution is 0.0473. The molecule has 1 aromatic heterocycles. The molecule has 3 rings (SSSR count). The number of rotatable bonds is 8. The Morgan fingerprint density at radius 3 is 2.24 bits per heavy atom. The third-order valence-electron chi connectivity index (χ3n) is 4.24. The fourth-order valence-electron chi connectivity index (χ4n) is 2.77. The van der Waals surface area contributed by atoms with Crippen LogP contribution in [0.5, 0.6) is 0 Å². The minimum atomic E-state index is -3.78. The van der Waals surface area contributed by atoms with Gasteiger partial charge in [0.15, 0.2) is 6.61 Å². The highest BCUT2D eigenvalue weighted by molar-refractivity contribution is 7.92. The number of Topliss-reactive ketones (excluding diaryl/α,β-unsaturated/α-hetero) is 1. The molecule has 0 aliphatic rings. The topological polar surface area (TPSA) is 96.5 Å². The summed E-state index contributed by atoms with van der Waals surface area (Å²) in [5.41, 5.74) is 1.06. The van der Waals surface area contributed by atoms with Gasteiger partial charge in [0, 0.05) is 12.7 Å². The molecule has 8 heteroatoms. The lowest BCUT2D eigenvalue weighted by Gasteiger charge is -2.22. The van der Waals surface area contributed by atoms with E-state index in [1.165, 1.54) is 28.6 Å². The number of carbonyl (C=O) groups is 2. The zero-order valence-corrected chi connectivity index (χ0v) is 16.6. The predicted molar refractivity (Wildman–Crippen MR) is 108 cm³/mol. The Morgan fingerprint density at radius 2 is 1.66 bits per heavy atom. The summed E-state index contributed by atoms with van der Waals surface area (Å²) >= 11 is 0. The Bertz CT molecular complexity index is 1080. The van der Waals surface area contributed by atoms with Crippen LogP contribution in [0.3, 0.4) is 0 Å². The van der Waals surface area contributed by atoms with E-state index in [1.807, 2.05) is 6.07 Å². The van der Waals surface area contributed by atoms with Crippen molar-refractivity contribution in [3.05, 3.63) is 84.2 Å². The maximum Gasteiger partial charge on any atom is 0.338 e. The van der Waals surface area contributed by atoms with Gasteiger partial charge < -0.3 is 9.72 Å². The van der Waals surface area contributed by atoms with Crippen LogP contribution in [0.25, 0.3) is 0 Å². The van der Waals surface area contributed by atoms with E-state index in [0.717, 1.165) is 0 Å². The summed E-state index contributed by atoms with van der Waals surface area (Å²) < 4.78 is 32.2. The summed E-state index contributed by atoms with van der Waals surface area (Å²) in [7, 11) is -3.78. The molecule has 1 heterocycles. The number of para-hydroxylation sites is 1. The number of aromatic amines is 1. The van der Waals surface area contributed by atoms with Gasteiger partial charge in [-0.05, 0) is 55.5 Å². The molecular formula is C21H20N2O5S. The second-order valence-electron chi connectivity index (χ2n) is 6.11. The molecule has 0 amide bonds. The van der Waals surface area contributed by atoms with E-state index in [1.54, 1.807) is 49.5 Å². The van der Waals surface area contributed by atoms with Gasteiger partial charge in [0.2, 0.25) is 5.78 Å². The number of anilines is 1. The van der Waals surface area contributed by atoms with Crippen molar-refractivity contribution in [2.75, 3.05) is 17.5 Å². The first-order valence-electron chi connectivity index (χ1n) is 8.95. The average Bonchev–Trinajstić information content (AvgIpc) is 3.28. The molecule has 0 unspecified atom stereocenters. The highest BCUT2D eigenvalue weighted by atomic mass is 32.2. The van der Waals surface area contributed by atoms with Gasteiger partial charge in [0.1, 0.15) is 0 Å². The molecule has 0 aliphatic heterocycles. The van der Waals surface area contributed by atoms with E-state index in [9.17, 15) is 18.0 Å². The van der Waals surface area contributed by atoms with Crippen LogP contribution in [0.1, 0.15) is 27.8 Å². The first kappa shape index (κ1) is 20.3. The summed E-state index contributed by atoms with van der Waals surface area (Å²) in [6.07, 6.45) is 1.60. The van der Waals surface area contributed by atoms with Crippen molar-refractivity contribution in [1.29, 1.82) is 0 Å². The van der Waals surface area contributed by atoms with Crippen molar-refractivity contribution in [2.24, 2.45) is 0 Å². The number of nitrogens with zero attached hydrogens (tertiary/aromatic N) is 1. The highest BCUT2D eigenvalue weighted by Gasteiger charge is 2.24. The fourth-order valence-corrected chi connectivity index (χ4v) is 4.25. The van der Waals surface area contributed by atoms with Gasteiger partial charge in [-0.25, -0.2) is 13.2 Å². The average molecular weight is 412 g/mol. The molecule has 0 atom stereocenters. The molecule has 2 aromatic carbocycles. The highest BCUT2D eigenvalue weighted by Crippen LogP contribution is 2.23. The molecule has 0 saturated heterocycles. The number of benzene rings is 2. The number of nitrogens with one attached hydrogen (secondary N) is 1. The molecule has 150 valence electrons. The number of H-pyrrole nitrogens is 1. The van der Waals surface area contributed by atoms with E-state index >= 15 is 0 Å². The van der Waals surface area contributed by atoms with Crippen molar-refractivity contribution in [2.45, 2.75) is 11.8 Å². The zero-order valence-electron chi connectivity index (χ0n) is 15.7. The van der Waals surface area contributed by atoms with Gasteiger partial charge in [-0.1, -0.05) is 18.2 Å². The van der Waals surface area contributed by atoms with Crippen LogP contribution in [0.15, 0.2) is 77.8 Å². The minimum Gasteiger partial charge on any atom is -0.454 e. The second-order valence-corrected chi connectivity index (χ2v) is 7.98. The van der Waals surface area contributed by atoms with E-state index in [2.05, 4.69) is 4.98 Å². The molecule has 0 aliphatic carbocycles. The van der Waals surface area contributed by atoms with E-state index in [-0.39, 0.29) is 22.8 Å². The Hall–Kier alpha value is -3.39. The minimum absolute atomic E-state index is 0.0576. The number of carbonyl (C=O) groups excluding carboxylic acids is 2. The largest absolute Gasteiger partial charge is 0.454 e. The van der Waals surface area contributed by atoms with Gasteiger partial charge in [-0.2, -0.15) is 0 Å². The standard InChI is InChI=1S/C21H20N2O5S/c1-2-23(17-7-4-3-5-8-17)29(26,27)18-12-10-16(11-13-18)21(25)28-15-20(24)19-9-6-14-22-19/h3-14,22H,2,15H2,1H3. The first-order chi connectivity index (χ1) is 13.9. The van der Waals surface area contributed by atoms with E-state index in [0.29, 0.717) is 11.4 Å². The summed E-state index contributed by atoms with van der Waals surface area (Å²) in [6, 6.07) is 17.5. The van der Waals surface area contributed by atoms with Crippen molar-refractivity contribution in [3.8, 4) is 0 Å². The number of sulfonamides is 1. The SMILES string of the molecule is CCN(c1ccccc1)S(=O)(=O)c1ccc(C(=O)OCC(=O)c2ccc[nH]2)cc1. The summed E-state index contributed by atoms with van der Waals surface area (Å²) in [5.74, 6) is -1.06. The Labute approximate surface area is 169 Å². The van der Waals surface area contributed by atoms with Crippen LogP contribution >= 0.6 is 0 Å². The normalized spacial score (nSPS) is 11.1. The van der Waals surface area contributed by atoms with Crippen molar-refractivity contribution in [3.63, 3.8) is 0 Å². The number of hydrogen-bond donors (Lipinski definition) is 1. The number of aromatic nitrogens is 1. The number of ether oxygens (including phenoxy) is 1. The zero-order chi connectivity index (χ0) is 20.9. The van der Waals surface area contributed by atoms with Crippen LogP contribution < -0.4 is 4.31 Å². The predicted octanol–water partition coefficient (Wildman–Crippen LogP) is 3.27. The quantitative estimate of drug-likeness (QED) is 0.452. The van der Waals surface area contributed by atoms with Crippen molar-refractivity contribution in [1.82, 2.24) is 4.98 Å². The van der Waals surface area contributed by atoms with Crippen LogP contribution in [-0.4, -0.2) is 38.3 Å². The monoisotopic (exact) mass is 412 g/mol. The molecular weight excluding hydrogens is 392 g/mol. The molecule has 1 N–H and O–H groups in total. The van der Waals surface area contributed by atoms with Gasteiger partial charge in [0.25, 0.3) is 10.0 Å². The lowest BCUT2D eigenvalue weighted by Crippen LogP contribution is -2.30. The summed E-state index contributed by atoms with van der Waals surface area (Å²) in [6.45, 7) is 1.60. The molecule has 7 nitrogen and oxygen atoms in total. The molecule has 0 fully saturated rings. The molecule has 0 bridgehead atoms. The maximum absolute atomic E-state index is 13.0. The summed E-state index contributed by atoms with van der Waals surface area (Å²) in [4.78, 5) is 26.8. The van der Waals surface area contributed by atoms with E-state index < -0.39 is 22.6 Å². The third kappa shape index (κ3) is 4.55. The van der Waals surface area contributed by atoms with Gasteiger partial charge >= 0.3 is 5.97 Å². The summed E-state index contributed by atoms with van der Waals surface area (Å²) in [5, 5.41) is 0. The number of hydrogen-bond acceptors (Lipinski definition) is 5. The van der Waals surface area contributed by atoms with Crippen LogP contribution in [-0.2, 0) is 14.8 Å². The molecule has 0 spiro atoms. The maximum atomic E-state index is 13.0. The van der Waals surface area contributed by atoms with Crippen LogP contribution in [0, 0.1) is 0 Å². The Kier molecular flexibility index (Phi) is 6.13.